The second-order valence-corrected chi connectivity index (χ2v) is 9.17. The lowest BCUT2D eigenvalue weighted by Gasteiger charge is -2.34. The van der Waals surface area contributed by atoms with Gasteiger partial charge in [0.15, 0.2) is 0 Å². The zero-order valence-corrected chi connectivity index (χ0v) is 21.3. The molecule has 5 rings (SSSR count). The van der Waals surface area contributed by atoms with Crippen molar-refractivity contribution in [2.75, 3.05) is 50.2 Å². The molecule has 0 unspecified atom stereocenters. The maximum atomic E-state index is 13.7. The van der Waals surface area contributed by atoms with Crippen LogP contribution >= 0.6 is 0 Å². The highest BCUT2D eigenvalue weighted by Gasteiger charge is 2.30. The van der Waals surface area contributed by atoms with Crippen LogP contribution in [0.1, 0.15) is 62.8 Å². The molecule has 1 N–H and O–H groups in total. The molecule has 1 aliphatic heterocycles. The molecule has 2 fully saturated rings. The van der Waals surface area contributed by atoms with Crippen molar-refractivity contribution in [3.05, 3.63) is 53.6 Å². The molecule has 2 aliphatic rings. The zero-order valence-electron chi connectivity index (χ0n) is 21.3. The lowest BCUT2D eigenvalue weighted by molar-refractivity contribution is 0.304. The summed E-state index contributed by atoms with van der Waals surface area (Å²) < 4.78 is 19.1. The predicted molar refractivity (Wildman–Crippen MR) is 140 cm³/mol. The van der Waals surface area contributed by atoms with Crippen molar-refractivity contribution >= 4 is 22.4 Å². The van der Waals surface area contributed by atoms with Gasteiger partial charge in [-0.25, -0.2) is 14.4 Å². The Morgan fingerprint density at radius 1 is 1.03 bits per heavy atom. The number of hydrogen-bond donors (Lipinski definition) is 1. The maximum absolute atomic E-state index is 13.7. The van der Waals surface area contributed by atoms with E-state index < -0.39 is 0 Å². The fourth-order valence-corrected chi connectivity index (χ4v) is 4.82. The molecule has 0 atom stereocenters. The topological polar surface area (TPSA) is 61.7 Å². The number of halogens is 1. The highest BCUT2D eigenvalue weighted by atomic mass is 19.1. The van der Waals surface area contributed by atoms with Crippen LogP contribution in [0.4, 0.5) is 15.9 Å². The number of piperidine rings is 1. The van der Waals surface area contributed by atoms with E-state index in [1.807, 2.05) is 31.9 Å². The van der Waals surface area contributed by atoms with Crippen LogP contribution in [0.3, 0.4) is 0 Å². The average Bonchev–Trinajstić information content (AvgIpc) is 3.75. The Morgan fingerprint density at radius 3 is 2.43 bits per heavy atom. The number of rotatable bonds is 7. The van der Waals surface area contributed by atoms with Gasteiger partial charge in [-0.1, -0.05) is 19.9 Å². The molecule has 6 nitrogen and oxygen atoms in total. The van der Waals surface area contributed by atoms with Crippen LogP contribution in [0.25, 0.3) is 10.9 Å². The number of anilines is 2. The summed E-state index contributed by atoms with van der Waals surface area (Å²) >= 11 is 0. The minimum Gasteiger partial charge on any atom is -0.496 e. The summed E-state index contributed by atoms with van der Waals surface area (Å²) in [5.74, 6) is 3.13. The summed E-state index contributed by atoms with van der Waals surface area (Å²) in [5.41, 5.74) is 3.11. The SMILES string of the molecule is CC.COc1cc(F)ccc1C1CCN(c2nc(C3CC3)nc3ccc(N(C)CCO)cc23)CC1. The van der Waals surface area contributed by atoms with Gasteiger partial charge in [0.05, 0.1) is 19.2 Å². The number of aliphatic hydroxyl groups is 1. The number of methoxy groups -OCH3 is 1. The van der Waals surface area contributed by atoms with Gasteiger partial charge < -0.3 is 19.6 Å². The first-order valence-corrected chi connectivity index (χ1v) is 12.8. The van der Waals surface area contributed by atoms with Gasteiger partial charge in [-0.2, -0.15) is 0 Å². The molecule has 0 radical (unpaired) electrons. The van der Waals surface area contributed by atoms with Crippen LogP contribution in [0, 0.1) is 5.82 Å². The Labute approximate surface area is 207 Å². The third-order valence-corrected chi connectivity index (χ3v) is 6.93. The molecular formula is C28H37FN4O2. The zero-order chi connectivity index (χ0) is 24.9. The highest BCUT2D eigenvalue weighted by Crippen LogP contribution is 2.41. The largest absolute Gasteiger partial charge is 0.496 e. The van der Waals surface area contributed by atoms with Crippen molar-refractivity contribution in [2.45, 2.75) is 51.4 Å². The third-order valence-electron chi connectivity index (χ3n) is 6.93. The number of aliphatic hydroxyl groups excluding tert-OH is 1. The van der Waals surface area contributed by atoms with E-state index in [9.17, 15) is 9.50 Å². The summed E-state index contributed by atoms with van der Waals surface area (Å²) in [4.78, 5) is 14.3. The molecule has 35 heavy (non-hydrogen) atoms. The van der Waals surface area contributed by atoms with E-state index in [-0.39, 0.29) is 12.4 Å². The van der Waals surface area contributed by atoms with Gasteiger partial charge in [0.2, 0.25) is 0 Å². The van der Waals surface area contributed by atoms with Crippen LogP contribution < -0.4 is 14.5 Å². The Kier molecular flexibility index (Phi) is 8.06. The van der Waals surface area contributed by atoms with Crippen LogP contribution in [0.15, 0.2) is 36.4 Å². The fourth-order valence-electron chi connectivity index (χ4n) is 4.82. The van der Waals surface area contributed by atoms with Crippen molar-refractivity contribution < 1.29 is 14.2 Å². The van der Waals surface area contributed by atoms with Gasteiger partial charge >= 0.3 is 0 Å². The minimum absolute atomic E-state index is 0.110. The summed E-state index contributed by atoms with van der Waals surface area (Å²) in [5, 5.41) is 10.4. The van der Waals surface area contributed by atoms with E-state index >= 15 is 0 Å². The highest BCUT2D eigenvalue weighted by molar-refractivity contribution is 5.92. The maximum Gasteiger partial charge on any atom is 0.140 e. The van der Waals surface area contributed by atoms with Gasteiger partial charge in [0, 0.05) is 49.7 Å². The number of ether oxygens (including phenoxy) is 1. The number of likely N-dealkylation sites (N-methyl/N-ethyl adjacent to an activating group) is 1. The van der Waals surface area contributed by atoms with Crippen LogP contribution in [-0.4, -0.2) is 55.5 Å². The van der Waals surface area contributed by atoms with Crippen LogP contribution in [-0.2, 0) is 0 Å². The summed E-state index contributed by atoms with van der Waals surface area (Å²) in [7, 11) is 3.59. The molecular weight excluding hydrogens is 443 g/mol. The van der Waals surface area contributed by atoms with Crippen molar-refractivity contribution in [3.63, 3.8) is 0 Å². The molecule has 2 heterocycles. The lowest BCUT2D eigenvalue weighted by Crippen LogP contribution is -2.34. The Balaban J connectivity index is 0.00000141. The number of hydrogen-bond acceptors (Lipinski definition) is 6. The van der Waals surface area contributed by atoms with E-state index in [0.717, 1.165) is 72.6 Å². The molecule has 0 amide bonds. The molecule has 188 valence electrons. The molecule has 1 aliphatic carbocycles. The van der Waals surface area contributed by atoms with Crippen molar-refractivity contribution in [2.24, 2.45) is 0 Å². The molecule has 3 aromatic rings. The van der Waals surface area contributed by atoms with Crippen LogP contribution in [0.2, 0.25) is 0 Å². The van der Waals surface area contributed by atoms with Crippen LogP contribution in [0.5, 0.6) is 5.75 Å². The first-order valence-electron chi connectivity index (χ1n) is 12.8. The Hall–Kier alpha value is -2.93. The average molecular weight is 481 g/mol. The number of fused-ring (bicyclic) bond motifs is 1. The predicted octanol–water partition coefficient (Wildman–Crippen LogP) is 5.49. The van der Waals surface area contributed by atoms with E-state index in [4.69, 9.17) is 14.7 Å². The van der Waals surface area contributed by atoms with Crippen molar-refractivity contribution in [1.82, 2.24) is 9.97 Å². The van der Waals surface area contributed by atoms with Gasteiger partial charge in [-0.3, -0.25) is 0 Å². The fraction of sp³-hybridized carbons (Fsp3) is 0.500. The summed E-state index contributed by atoms with van der Waals surface area (Å²) in [6, 6.07) is 11.2. The quantitative estimate of drug-likeness (QED) is 0.482. The monoisotopic (exact) mass is 480 g/mol. The van der Waals surface area contributed by atoms with Gasteiger partial charge in [-0.15, -0.1) is 0 Å². The van der Waals surface area contributed by atoms with Crippen molar-refractivity contribution in [1.29, 1.82) is 0 Å². The summed E-state index contributed by atoms with van der Waals surface area (Å²) in [6.45, 7) is 6.43. The molecule has 1 saturated heterocycles. The smallest absolute Gasteiger partial charge is 0.140 e. The van der Waals surface area contributed by atoms with Crippen molar-refractivity contribution in [3.8, 4) is 5.75 Å². The van der Waals surface area contributed by atoms with E-state index in [1.165, 1.54) is 12.1 Å². The van der Waals surface area contributed by atoms with Gasteiger partial charge in [-0.05, 0) is 61.4 Å². The third kappa shape index (κ3) is 5.50. The number of aromatic nitrogens is 2. The minimum atomic E-state index is -0.268. The lowest BCUT2D eigenvalue weighted by atomic mass is 9.88. The molecule has 1 aromatic heterocycles. The molecule has 1 saturated carbocycles. The molecule has 7 heteroatoms. The molecule has 2 aromatic carbocycles. The first-order chi connectivity index (χ1) is 17.1. The molecule has 0 bridgehead atoms. The first kappa shape index (κ1) is 25.2. The normalized spacial score (nSPS) is 16.1. The second-order valence-electron chi connectivity index (χ2n) is 9.17. The van der Waals surface area contributed by atoms with E-state index in [0.29, 0.717) is 24.1 Å². The van der Waals surface area contributed by atoms with Gasteiger partial charge in [0.1, 0.15) is 23.2 Å². The second kappa shape index (κ2) is 11.2. The van der Waals surface area contributed by atoms with E-state index in [1.54, 1.807) is 7.11 Å². The van der Waals surface area contributed by atoms with E-state index in [2.05, 4.69) is 23.1 Å². The number of benzene rings is 2. The Morgan fingerprint density at radius 2 is 1.77 bits per heavy atom. The number of nitrogens with zero attached hydrogens (tertiary/aromatic N) is 4. The molecule has 0 spiro atoms. The Bertz CT molecular complexity index is 1140. The van der Waals surface area contributed by atoms with Gasteiger partial charge in [0.25, 0.3) is 0 Å². The standard InChI is InChI=1S/C26H31FN4O2.C2H6/c1-30(13-14-32)20-6-8-23-22(16-20)26(29-25(28-23)18-3-4-18)31-11-9-17(10-12-31)21-7-5-19(27)15-24(21)33-2;1-2/h5-8,15-18,32H,3-4,9-14H2,1-2H3;1-2H3. The summed E-state index contributed by atoms with van der Waals surface area (Å²) in [6.07, 6.45) is 4.23.